The molecule has 0 saturated carbocycles. The van der Waals surface area contributed by atoms with E-state index in [9.17, 15) is 10.1 Å². The van der Waals surface area contributed by atoms with Gasteiger partial charge in [0, 0.05) is 12.1 Å². The highest BCUT2D eigenvalue weighted by molar-refractivity contribution is 5.55. The number of nitriles is 1. The highest BCUT2D eigenvalue weighted by Crippen LogP contribution is 2.36. The first-order valence-electron chi connectivity index (χ1n) is 7.10. The Morgan fingerprint density at radius 1 is 1.33 bits per heavy atom. The maximum atomic E-state index is 11.4. The summed E-state index contributed by atoms with van der Waals surface area (Å²) in [4.78, 5) is 15.0. The number of nitro groups is 1. The molecular weight excluding hydrogens is 312 g/mol. The third-order valence-corrected chi connectivity index (χ3v) is 3.23. The largest absolute Gasteiger partial charge is 0.490 e. The minimum atomic E-state index is -0.556. The fourth-order valence-corrected chi connectivity index (χ4v) is 2.23. The second-order valence-electron chi connectivity index (χ2n) is 4.73. The Morgan fingerprint density at radius 3 is 2.88 bits per heavy atom. The van der Waals surface area contributed by atoms with E-state index in [0.717, 1.165) is 0 Å². The first-order chi connectivity index (χ1) is 11.6. The molecule has 0 unspecified atom stereocenters. The number of hydrogen-bond acceptors (Lipinski definition) is 6. The molecule has 24 heavy (non-hydrogen) atoms. The van der Waals surface area contributed by atoms with Crippen molar-refractivity contribution < 1.29 is 14.4 Å². The topological polar surface area (TPSA) is 103 Å². The van der Waals surface area contributed by atoms with Crippen molar-refractivity contribution in [3.63, 3.8) is 0 Å². The number of fused-ring (bicyclic) bond motifs is 1. The normalized spacial score (nSPS) is 10.3. The third-order valence-electron chi connectivity index (χ3n) is 3.23. The van der Waals surface area contributed by atoms with Crippen LogP contribution in [0.15, 0.2) is 42.6 Å². The van der Waals surface area contributed by atoms with Crippen molar-refractivity contribution in [2.24, 2.45) is 0 Å². The van der Waals surface area contributed by atoms with Crippen molar-refractivity contribution >= 4 is 11.5 Å². The lowest BCUT2D eigenvalue weighted by Gasteiger charge is -2.10. The van der Waals surface area contributed by atoms with Gasteiger partial charge in [0.1, 0.15) is 0 Å². The molecule has 0 fully saturated rings. The Hall–Kier alpha value is -3.60. The Kier molecular flexibility index (Phi) is 3.99. The van der Waals surface area contributed by atoms with Gasteiger partial charge in [-0.25, -0.2) is 0 Å². The quantitative estimate of drug-likeness (QED) is 0.527. The highest BCUT2D eigenvalue weighted by Gasteiger charge is 2.25. The molecule has 0 N–H and O–H groups in total. The molecule has 0 bridgehead atoms. The molecule has 0 amide bonds. The van der Waals surface area contributed by atoms with Crippen molar-refractivity contribution in [2.75, 3.05) is 6.61 Å². The Morgan fingerprint density at radius 2 is 2.17 bits per heavy atom. The minimum absolute atomic E-state index is 0.142. The molecule has 0 aliphatic heterocycles. The van der Waals surface area contributed by atoms with Crippen LogP contribution in [-0.2, 0) is 0 Å². The number of aromatic nitrogens is 2. The van der Waals surface area contributed by atoms with Gasteiger partial charge in [-0.05, 0) is 30.0 Å². The van der Waals surface area contributed by atoms with Crippen LogP contribution < -0.4 is 9.47 Å². The molecule has 2 heterocycles. The van der Waals surface area contributed by atoms with Gasteiger partial charge in [0.15, 0.2) is 11.5 Å². The van der Waals surface area contributed by atoms with E-state index >= 15 is 0 Å². The van der Waals surface area contributed by atoms with Gasteiger partial charge < -0.3 is 19.6 Å². The second-order valence-corrected chi connectivity index (χ2v) is 4.73. The van der Waals surface area contributed by atoms with Gasteiger partial charge in [-0.1, -0.05) is 6.07 Å². The molecule has 8 heteroatoms. The summed E-state index contributed by atoms with van der Waals surface area (Å²) >= 11 is 0. The minimum Gasteiger partial charge on any atom is -0.490 e. The van der Waals surface area contributed by atoms with Crippen LogP contribution in [0.2, 0.25) is 0 Å². The zero-order valence-electron chi connectivity index (χ0n) is 12.7. The van der Waals surface area contributed by atoms with Gasteiger partial charge in [-0.2, -0.15) is 14.6 Å². The van der Waals surface area contributed by atoms with Gasteiger partial charge in [0.2, 0.25) is 5.65 Å². The van der Waals surface area contributed by atoms with Gasteiger partial charge in [0.25, 0.3) is 0 Å². The Labute approximate surface area is 136 Å². The predicted molar refractivity (Wildman–Crippen MR) is 84.2 cm³/mol. The second kappa shape index (κ2) is 6.26. The Balaban J connectivity index is 2.09. The molecule has 3 rings (SSSR count). The number of ether oxygens (including phenoxy) is 2. The van der Waals surface area contributed by atoms with E-state index in [0.29, 0.717) is 23.6 Å². The van der Waals surface area contributed by atoms with Gasteiger partial charge >= 0.3 is 11.7 Å². The molecule has 0 aliphatic rings. The summed E-state index contributed by atoms with van der Waals surface area (Å²) in [5.41, 5.74) is 0.793. The van der Waals surface area contributed by atoms with Crippen molar-refractivity contribution in [1.82, 2.24) is 9.38 Å². The Bertz CT molecular complexity index is 958. The summed E-state index contributed by atoms with van der Waals surface area (Å²) < 4.78 is 12.4. The van der Waals surface area contributed by atoms with Crippen LogP contribution in [0.3, 0.4) is 0 Å². The van der Waals surface area contributed by atoms with E-state index in [4.69, 9.17) is 14.7 Å². The van der Waals surface area contributed by atoms with Crippen LogP contribution in [0.5, 0.6) is 17.4 Å². The van der Waals surface area contributed by atoms with E-state index < -0.39 is 4.92 Å². The molecular formula is C16H12N4O4. The van der Waals surface area contributed by atoms with E-state index in [2.05, 4.69) is 4.98 Å². The van der Waals surface area contributed by atoms with Crippen molar-refractivity contribution in [3.8, 4) is 23.4 Å². The van der Waals surface area contributed by atoms with Crippen LogP contribution in [0.4, 0.5) is 5.82 Å². The first kappa shape index (κ1) is 15.3. The number of nitrogens with zero attached hydrogens (tertiary/aromatic N) is 4. The highest BCUT2D eigenvalue weighted by atomic mass is 16.6. The van der Waals surface area contributed by atoms with Crippen LogP contribution in [-0.4, -0.2) is 20.9 Å². The lowest BCUT2D eigenvalue weighted by molar-refractivity contribution is -0.391. The summed E-state index contributed by atoms with van der Waals surface area (Å²) in [6.07, 6.45) is 1.54. The fourth-order valence-electron chi connectivity index (χ4n) is 2.23. The van der Waals surface area contributed by atoms with Crippen molar-refractivity contribution in [3.05, 3.63) is 58.3 Å². The standard InChI is InChI=1S/C16H12N4O4/c1-2-23-13-9-11(10-17)6-7-12(13)24-15-16(20(21)22)19-8-4-3-5-14(19)18-15/h3-9H,2H2,1H3. The smallest absolute Gasteiger partial charge is 0.392 e. The molecule has 0 spiro atoms. The van der Waals surface area contributed by atoms with Crippen LogP contribution in [0, 0.1) is 21.4 Å². The summed E-state index contributed by atoms with van der Waals surface area (Å²) in [7, 11) is 0. The average Bonchev–Trinajstić information content (AvgIpc) is 2.94. The number of imidazole rings is 1. The van der Waals surface area contributed by atoms with Gasteiger partial charge in [0.05, 0.1) is 24.4 Å². The molecule has 2 aromatic heterocycles. The molecule has 120 valence electrons. The molecule has 0 aliphatic carbocycles. The lowest BCUT2D eigenvalue weighted by Crippen LogP contribution is -1.98. The fraction of sp³-hybridized carbons (Fsp3) is 0.125. The van der Waals surface area contributed by atoms with Gasteiger partial charge in [-0.15, -0.1) is 0 Å². The lowest BCUT2D eigenvalue weighted by atomic mass is 10.2. The average molecular weight is 324 g/mol. The number of benzene rings is 1. The zero-order chi connectivity index (χ0) is 17.1. The monoisotopic (exact) mass is 324 g/mol. The van der Waals surface area contributed by atoms with Crippen LogP contribution in [0.1, 0.15) is 12.5 Å². The SMILES string of the molecule is CCOc1cc(C#N)ccc1Oc1nc2ccccn2c1[N+](=O)[O-]. The third kappa shape index (κ3) is 2.70. The van der Waals surface area contributed by atoms with E-state index in [1.165, 1.54) is 22.7 Å². The van der Waals surface area contributed by atoms with Gasteiger partial charge in [-0.3, -0.25) is 0 Å². The zero-order valence-corrected chi connectivity index (χ0v) is 12.7. The number of rotatable bonds is 5. The van der Waals surface area contributed by atoms with E-state index in [1.54, 1.807) is 31.2 Å². The molecule has 0 atom stereocenters. The molecule has 0 radical (unpaired) electrons. The van der Waals surface area contributed by atoms with E-state index in [1.807, 2.05) is 6.07 Å². The summed E-state index contributed by atoms with van der Waals surface area (Å²) in [5, 5.41) is 20.4. The van der Waals surface area contributed by atoms with E-state index in [-0.39, 0.29) is 17.4 Å². The van der Waals surface area contributed by atoms with Crippen LogP contribution in [0.25, 0.3) is 5.65 Å². The van der Waals surface area contributed by atoms with Crippen molar-refractivity contribution in [2.45, 2.75) is 6.92 Å². The first-order valence-corrected chi connectivity index (χ1v) is 7.10. The summed E-state index contributed by atoms with van der Waals surface area (Å²) in [6, 6.07) is 11.6. The molecule has 3 aromatic rings. The molecule has 0 saturated heterocycles. The van der Waals surface area contributed by atoms with Crippen LogP contribution >= 0.6 is 0 Å². The number of hydrogen-bond donors (Lipinski definition) is 0. The summed E-state index contributed by atoms with van der Waals surface area (Å²) in [5.74, 6) is 0.152. The molecule has 8 nitrogen and oxygen atoms in total. The van der Waals surface area contributed by atoms with Crippen molar-refractivity contribution in [1.29, 1.82) is 5.26 Å². The summed E-state index contributed by atoms with van der Waals surface area (Å²) in [6.45, 7) is 2.15. The number of pyridine rings is 1. The maximum Gasteiger partial charge on any atom is 0.392 e. The predicted octanol–water partition coefficient (Wildman–Crippen LogP) is 3.31. The maximum absolute atomic E-state index is 11.4. The molecule has 1 aromatic carbocycles.